The molecule has 6 rings (SSSR count). The minimum absolute atomic E-state index is 0.0657. The third-order valence-corrected chi connectivity index (χ3v) is 6.05. The van der Waals surface area contributed by atoms with Crippen LogP contribution in [0.5, 0.6) is 11.5 Å². The normalized spacial score (nSPS) is 11.6. The summed E-state index contributed by atoms with van der Waals surface area (Å²) in [6.45, 7) is 1.14. The zero-order chi connectivity index (χ0) is 26.2. The fraction of sp³-hybridized carbons (Fsp3) is 0.148. The first kappa shape index (κ1) is 23.5. The summed E-state index contributed by atoms with van der Waals surface area (Å²) in [6, 6.07) is 9.87. The molecule has 5 aromatic heterocycles. The van der Waals surface area contributed by atoms with Gasteiger partial charge in [-0.2, -0.15) is 5.10 Å². The Morgan fingerprint density at radius 1 is 0.974 bits per heavy atom. The third-order valence-electron chi connectivity index (χ3n) is 6.05. The number of hydrogen-bond donors (Lipinski definition) is 3. The predicted molar refractivity (Wildman–Crippen MR) is 141 cm³/mol. The number of pyridine rings is 3. The van der Waals surface area contributed by atoms with Crippen LogP contribution < -0.4 is 4.74 Å². The van der Waals surface area contributed by atoms with Crippen molar-refractivity contribution in [1.29, 1.82) is 0 Å². The summed E-state index contributed by atoms with van der Waals surface area (Å²) in [5.41, 5.74) is 5.01. The summed E-state index contributed by atoms with van der Waals surface area (Å²) in [4.78, 5) is 23.1. The summed E-state index contributed by atoms with van der Waals surface area (Å²) in [6.07, 6.45) is 6.35. The minimum atomic E-state index is -0.421. The third kappa shape index (κ3) is 4.50. The summed E-state index contributed by atoms with van der Waals surface area (Å²) in [5, 5.41) is 17.9. The van der Waals surface area contributed by atoms with Crippen LogP contribution >= 0.6 is 0 Å². The fourth-order valence-corrected chi connectivity index (χ4v) is 4.22. The Hall–Kier alpha value is -4.90. The first-order valence-electron chi connectivity index (χ1n) is 11.9. The molecule has 0 aliphatic carbocycles. The fourth-order valence-electron chi connectivity index (χ4n) is 4.22. The summed E-state index contributed by atoms with van der Waals surface area (Å²) in [5.74, 6) is 0.577. The van der Waals surface area contributed by atoms with E-state index >= 15 is 0 Å². The Balaban J connectivity index is 1.40. The Morgan fingerprint density at radius 3 is 2.68 bits per heavy atom. The molecule has 0 spiro atoms. The second-order valence-corrected chi connectivity index (χ2v) is 9.09. The Bertz CT molecular complexity index is 1780. The van der Waals surface area contributed by atoms with Gasteiger partial charge in [0.05, 0.1) is 22.8 Å². The van der Waals surface area contributed by atoms with Crippen molar-refractivity contribution in [3.63, 3.8) is 0 Å². The van der Waals surface area contributed by atoms with Gasteiger partial charge in [0.1, 0.15) is 35.1 Å². The highest BCUT2D eigenvalue weighted by atomic mass is 19.1. The zero-order valence-corrected chi connectivity index (χ0v) is 20.6. The lowest BCUT2D eigenvalue weighted by molar-refractivity contribution is 0.260. The van der Waals surface area contributed by atoms with Crippen LogP contribution in [0.25, 0.3) is 56.0 Å². The molecule has 0 atom stereocenters. The average molecular weight is 511 g/mol. The maximum absolute atomic E-state index is 14.5. The van der Waals surface area contributed by atoms with E-state index in [0.29, 0.717) is 52.8 Å². The van der Waals surface area contributed by atoms with Gasteiger partial charge in [-0.25, -0.2) is 14.4 Å². The largest absolute Gasteiger partial charge is 0.506 e. The number of aromatic amines is 2. The molecule has 10 nitrogen and oxygen atoms in total. The lowest BCUT2D eigenvalue weighted by atomic mass is 10.1. The van der Waals surface area contributed by atoms with Crippen LogP contribution in [-0.2, 0) is 0 Å². The van der Waals surface area contributed by atoms with Gasteiger partial charge in [0.2, 0.25) is 0 Å². The van der Waals surface area contributed by atoms with Crippen molar-refractivity contribution >= 4 is 22.1 Å². The van der Waals surface area contributed by atoms with E-state index < -0.39 is 5.82 Å². The van der Waals surface area contributed by atoms with E-state index in [1.165, 1.54) is 18.3 Å². The number of benzene rings is 1. The molecule has 38 heavy (non-hydrogen) atoms. The zero-order valence-electron chi connectivity index (χ0n) is 20.6. The van der Waals surface area contributed by atoms with Crippen LogP contribution in [0.3, 0.4) is 0 Å². The lowest BCUT2D eigenvalue weighted by Gasteiger charge is -2.12. The van der Waals surface area contributed by atoms with E-state index in [0.717, 1.165) is 22.0 Å². The number of nitrogens with zero attached hydrogens (tertiary/aromatic N) is 6. The van der Waals surface area contributed by atoms with Crippen LogP contribution in [-0.4, -0.2) is 72.4 Å². The topological polar surface area (TPSA) is 129 Å². The SMILES string of the molecule is CN(C)CCOc1cc(F)cc(-c2nccc3[nH]c(-c4n[nH]c5ncc(-c6cncc(O)c6)cc45)nc23)c1. The Kier molecular flexibility index (Phi) is 5.89. The molecular formula is C27H23FN8O2. The number of hydrogen-bond acceptors (Lipinski definition) is 8. The second-order valence-electron chi connectivity index (χ2n) is 9.09. The van der Waals surface area contributed by atoms with Gasteiger partial charge in [-0.05, 0) is 44.4 Å². The number of imidazole rings is 1. The molecule has 0 bridgehead atoms. The molecule has 0 radical (unpaired) electrons. The van der Waals surface area contributed by atoms with Gasteiger partial charge >= 0.3 is 0 Å². The second kappa shape index (κ2) is 9.52. The molecule has 0 unspecified atom stereocenters. The number of fused-ring (bicyclic) bond motifs is 2. The number of ether oxygens (including phenoxy) is 1. The number of halogens is 1. The van der Waals surface area contributed by atoms with Crippen LogP contribution in [0.2, 0.25) is 0 Å². The molecule has 190 valence electrons. The molecule has 0 saturated carbocycles. The number of aromatic hydroxyl groups is 1. The van der Waals surface area contributed by atoms with Gasteiger partial charge in [-0.15, -0.1) is 0 Å². The molecule has 0 amide bonds. The van der Waals surface area contributed by atoms with Crippen LogP contribution in [0.15, 0.2) is 61.2 Å². The number of likely N-dealkylation sites (N-methyl/N-ethyl adjacent to an activating group) is 1. The summed E-state index contributed by atoms with van der Waals surface area (Å²) in [7, 11) is 3.90. The van der Waals surface area contributed by atoms with Gasteiger partial charge in [-0.1, -0.05) is 0 Å². The monoisotopic (exact) mass is 510 g/mol. The standard InChI is InChI=1S/C27H23FN8O2/c1-36(2)5-6-38-20-9-15(7-18(28)11-20)23-25-22(3-4-30-23)32-27(33-25)24-21-10-17(13-31-26(21)35-34-24)16-8-19(37)14-29-12-16/h3-4,7-14,37H,5-6H2,1-2H3,(H,32,33)(H,31,34,35). The molecule has 0 aliphatic rings. The van der Waals surface area contributed by atoms with Crippen LogP contribution in [0, 0.1) is 5.82 Å². The van der Waals surface area contributed by atoms with Crippen molar-refractivity contribution in [3.8, 4) is 45.4 Å². The van der Waals surface area contributed by atoms with Crippen molar-refractivity contribution < 1.29 is 14.2 Å². The van der Waals surface area contributed by atoms with Crippen molar-refractivity contribution in [2.24, 2.45) is 0 Å². The smallest absolute Gasteiger partial charge is 0.159 e. The number of nitrogens with one attached hydrogen (secondary N) is 2. The molecule has 11 heteroatoms. The number of rotatable bonds is 7. The number of aromatic nitrogens is 7. The van der Waals surface area contributed by atoms with Crippen molar-refractivity contribution in [2.75, 3.05) is 27.2 Å². The average Bonchev–Trinajstić information content (AvgIpc) is 3.51. The van der Waals surface area contributed by atoms with Gasteiger partial charge in [0.25, 0.3) is 0 Å². The van der Waals surface area contributed by atoms with Crippen LogP contribution in [0.4, 0.5) is 4.39 Å². The van der Waals surface area contributed by atoms with Gasteiger partial charge in [-0.3, -0.25) is 15.1 Å². The van der Waals surface area contributed by atoms with Crippen molar-refractivity contribution in [1.82, 2.24) is 40.0 Å². The molecule has 0 saturated heterocycles. The molecular weight excluding hydrogens is 487 g/mol. The maximum atomic E-state index is 14.5. The van der Waals surface area contributed by atoms with E-state index in [2.05, 4.69) is 30.1 Å². The van der Waals surface area contributed by atoms with E-state index in [1.807, 2.05) is 25.1 Å². The highest BCUT2D eigenvalue weighted by molar-refractivity contribution is 5.96. The quantitative estimate of drug-likeness (QED) is 0.288. The minimum Gasteiger partial charge on any atom is -0.506 e. The molecule has 6 aromatic rings. The van der Waals surface area contributed by atoms with Crippen LogP contribution in [0.1, 0.15) is 0 Å². The maximum Gasteiger partial charge on any atom is 0.159 e. The molecule has 1 aromatic carbocycles. The van der Waals surface area contributed by atoms with E-state index in [9.17, 15) is 9.50 Å². The van der Waals surface area contributed by atoms with Gasteiger partial charge < -0.3 is 19.7 Å². The first-order valence-corrected chi connectivity index (χ1v) is 11.9. The first-order chi connectivity index (χ1) is 18.4. The summed E-state index contributed by atoms with van der Waals surface area (Å²) < 4.78 is 20.3. The van der Waals surface area contributed by atoms with E-state index in [1.54, 1.807) is 36.8 Å². The molecule has 0 fully saturated rings. The Labute approximate surface area is 216 Å². The predicted octanol–water partition coefficient (Wildman–Crippen LogP) is 4.41. The molecule has 3 N–H and O–H groups in total. The summed E-state index contributed by atoms with van der Waals surface area (Å²) >= 11 is 0. The lowest BCUT2D eigenvalue weighted by Crippen LogP contribution is -2.19. The highest BCUT2D eigenvalue weighted by Gasteiger charge is 2.18. The van der Waals surface area contributed by atoms with Gasteiger partial charge in [0.15, 0.2) is 11.5 Å². The molecule has 5 heterocycles. The highest BCUT2D eigenvalue weighted by Crippen LogP contribution is 2.33. The van der Waals surface area contributed by atoms with E-state index in [-0.39, 0.29) is 5.75 Å². The number of H-pyrrole nitrogens is 2. The van der Waals surface area contributed by atoms with Gasteiger partial charge in [0, 0.05) is 47.9 Å². The van der Waals surface area contributed by atoms with Crippen molar-refractivity contribution in [2.45, 2.75) is 0 Å². The molecule has 0 aliphatic heterocycles. The van der Waals surface area contributed by atoms with E-state index in [4.69, 9.17) is 9.72 Å². The Morgan fingerprint density at radius 2 is 1.84 bits per heavy atom. The van der Waals surface area contributed by atoms with Crippen molar-refractivity contribution in [3.05, 3.63) is 67.0 Å².